The Morgan fingerprint density at radius 1 is 1.06 bits per heavy atom. The molecule has 0 unspecified atom stereocenters. The minimum atomic E-state index is 0.130. The molecule has 18 heavy (non-hydrogen) atoms. The normalized spacial score (nSPS) is 9.94. The molecule has 0 aliphatic rings. The van der Waals surface area contributed by atoms with Gasteiger partial charge in [0, 0.05) is 12.7 Å². The van der Waals surface area contributed by atoms with Crippen molar-refractivity contribution in [1.29, 1.82) is 0 Å². The van der Waals surface area contributed by atoms with E-state index in [0.717, 1.165) is 11.4 Å². The zero-order chi connectivity index (χ0) is 13.0. The van der Waals surface area contributed by atoms with E-state index in [1.165, 1.54) is 0 Å². The van der Waals surface area contributed by atoms with Crippen molar-refractivity contribution >= 4 is 29.2 Å². The van der Waals surface area contributed by atoms with Gasteiger partial charge in [-0.1, -0.05) is 0 Å². The van der Waals surface area contributed by atoms with Gasteiger partial charge in [0.15, 0.2) is 0 Å². The van der Waals surface area contributed by atoms with Crippen LogP contribution in [0, 0.1) is 0 Å². The number of nitrogens with zero attached hydrogens (tertiary/aromatic N) is 3. The molecule has 0 atom stereocenters. The second kappa shape index (κ2) is 5.50. The molecular weight excluding hydrogens is 254 g/mol. The summed E-state index contributed by atoms with van der Waals surface area (Å²) in [5.41, 5.74) is 0.833. The topological polar surface area (TPSA) is 72.0 Å². The van der Waals surface area contributed by atoms with Crippen LogP contribution in [0.15, 0.2) is 24.3 Å². The second-order valence-electron chi connectivity index (χ2n) is 3.36. The average Bonchev–Trinajstić information content (AvgIpc) is 2.39. The van der Waals surface area contributed by atoms with Gasteiger partial charge in [-0.3, -0.25) is 0 Å². The third-order valence-electron chi connectivity index (χ3n) is 2.18. The lowest BCUT2D eigenvalue weighted by atomic mass is 10.3. The van der Waals surface area contributed by atoms with Crippen molar-refractivity contribution < 1.29 is 4.74 Å². The van der Waals surface area contributed by atoms with Gasteiger partial charge in [-0.05, 0) is 35.9 Å². The number of hydrogen-bond acceptors (Lipinski definition) is 6. The van der Waals surface area contributed by atoms with E-state index in [4.69, 9.17) is 16.3 Å². The first-order chi connectivity index (χ1) is 8.71. The van der Waals surface area contributed by atoms with Gasteiger partial charge < -0.3 is 15.4 Å². The first-order valence-corrected chi connectivity index (χ1v) is 5.59. The first kappa shape index (κ1) is 12.4. The monoisotopic (exact) mass is 265 g/mol. The van der Waals surface area contributed by atoms with Gasteiger partial charge in [0.05, 0.1) is 7.11 Å². The summed E-state index contributed by atoms with van der Waals surface area (Å²) in [6.07, 6.45) is 0. The molecule has 0 spiro atoms. The minimum absolute atomic E-state index is 0.130. The SMILES string of the molecule is CNc1nc(Cl)nc(Nc2ccc(OC)cc2)n1. The number of halogens is 1. The number of nitrogens with one attached hydrogen (secondary N) is 2. The molecule has 0 aliphatic heterocycles. The van der Waals surface area contributed by atoms with Crippen molar-refractivity contribution in [3.63, 3.8) is 0 Å². The third kappa shape index (κ3) is 2.98. The van der Waals surface area contributed by atoms with Crippen LogP contribution < -0.4 is 15.4 Å². The maximum Gasteiger partial charge on any atom is 0.233 e. The van der Waals surface area contributed by atoms with Crippen molar-refractivity contribution in [2.24, 2.45) is 0 Å². The molecule has 2 rings (SSSR count). The van der Waals surface area contributed by atoms with Crippen molar-refractivity contribution in [1.82, 2.24) is 15.0 Å². The fourth-order valence-corrected chi connectivity index (χ4v) is 1.48. The molecule has 0 fully saturated rings. The average molecular weight is 266 g/mol. The quantitative estimate of drug-likeness (QED) is 0.884. The highest BCUT2D eigenvalue weighted by Crippen LogP contribution is 2.18. The maximum absolute atomic E-state index is 5.78. The summed E-state index contributed by atoms with van der Waals surface area (Å²) in [7, 11) is 3.33. The van der Waals surface area contributed by atoms with Crippen LogP contribution in [0.2, 0.25) is 5.28 Å². The Morgan fingerprint density at radius 3 is 2.33 bits per heavy atom. The van der Waals surface area contributed by atoms with Crippen LogP contribution in [0.25, 0.3) is 0 Å². The van der Waals surface area contributed by atoms with E-state index >= 15 is 0 Å². The van der Waals surface area contributed by atoms with Crippen molar-refractivity contribution in [3.8, 4) is 5.75 Å². The number of benzene rings is 1. The lowest BCUT2D eigenvalue weighted by Crippen LogP contribution is -2.03. The molecule has 0 aliphatic carbocycles. The lowest BCUT2D eigenvalue weighted by Gasteiger charge is -2.07. The maximum atomic E-state index is 5.78. The second-order valence-corrected chi connectivity index (χ2v) is 3.69. The molecule has 0 bridgehead atoms. The summed E-state index contributed by atoms with van der Waals surface area (Å²) in [6.45, 7) is 0. The molecule has 0 amide bonds. The highest BCUT2D eigenvalue weighted by atomic mass is 35.5. The Hall–Kier alpha value is -2.08. The summed E-state index contributed by atoms with van der Waals surface area (Å²) in [6, 6.07) is 7.39. The first-order valence-electron chi connectivity index (χ1n) is 5.21. The Morgan fingerprint density at radius 2 is 1.72 bits per heavy atom. The van der Waals surface area contributed by atoms with Crippen molar-refractivity contribution in [3.05, 3.63) is 29.5 Å². The lowest BCUT2D eigenvalue weighted by molar-refractivity contribution is 0.415. The smallest absolute Gasteiger partial charge is 0.233 e. The van der Waals surface area contributed by atoms with Crippen LogP contribution in [0.4, 0.5) is 17.6 Å². The van der Waals surface area contributed by atoms with Gasteiger partial charge in [0.25, 0.3) is 0 Å². The summed E-state index contributed by atoms with van der Waals surface area (Å²) in [5, 5.41) is 5.96. The van der Waals surface area contributed by atoms with Gasteiger partial charge in [-0.25, -0.2) is 0 Å². The van der Waals surface area contributed by atoms with E-state index in [0.29, 0.717) is 11.9 Å². The summed E-state index contributed by atoms with van der Waals surface area (Å²) in [4.78, 5) is 12.0. The molecule has 6 nitrogen and oxygen atoms in total. The van der Waals surface area contributed by atoms with Gasteiger partial charge in [0.1, 0.15) is 5.75 Å². The molecule has 1 heterocycles. The minimum Gasteiger partial charge on any atom is -0.497 e. The third-order valence-corrected chi connectivity index (χ3v) is 2.35. The van der Waals surface area contributed by atoms with E-state index < -0.39 is 0 Å². The fraction of sp³-hybridized carbons (Fsp3) is 0.182. The number of rotatable bonds is 4. The van der Waals surface area contributed by atoms with E-state index in [-0.39, 0.29) is 5.28 Å². The van der Waals surface area contributed by atoms with Crippen LogP contribution in [0.5, 0.6) is 5.75 Å². The van der Waals surface area contributed by atoms with Gasteiger partial charge in [-0.2, -0.15) is 15.0 Å². The molecule has 0 saturated heterocycles. The number of anilines is 3. The molecule has 2 N–H and O–H groups in total. The molecule has 7 heteroatoms. The van der Waals surface area contributed by atoms with Crippen LogP contribution >= 0.6 is 11.6 Å². The number of hydrogen-bond donors (Lipinski definition) is 2. The van der Waals surface area contributed by atoms with E-state index in [1.807, 2.05) is 24.3 Å². The van der Waals surface area contributed by atoms with E-state index in [1.54, 1.807) is 14.2 Å². The van der Waals surface area contributed by atoms with Gasteiger partial charge in [-0.15, -0.1) is 0 Å². The van der Waals surface area contributed by atoms with Crippen LogP contribution in [0.1, 0.15) is 0 Å². The van der Waals surface area contributed by atoms with Crippen molar-refractivity contribution in [2.75, 3.05) is 24.8 Å². The van der Waals surface area contributed by atoms with E-state index in [2.05, 4.69) is 25.6 Å². The largest absolute Gasteiger partial charge is 0.497 e. The highest BCUT2D eigenvalue weighted by Gasteiger charge is 2.04. The Bertz CT molecular complexity index is 531. The molecule has 0 saturated carbocycles. The predicted molar refractivity (Wildman–Crippen MR) is 70.7 cm³/mol. The standard InChI is InChI=1S/C11H12ClN5O/c1-13-10-15-9(12)16-11(17-10)14-7-3-5-8(18-2)6-4-7/h3-6H,1-2H3,(H2,13,14,15,16,17). The van der Waals surface area contributed by atoms with Crippen LogP contribution in [0.3, 0.4) is 0 Å². The summed E-state index contributed by atoms with van der Waals surface area (Å²) < 4.78 is 5.07. The fourth-order valence-electron chi connectivity index (χ4n) is 1.32. The number of methoxy groups -OCH3 is 1. The molecule has 2 aromatic rings. The van der Waals surface area contributed by atoms with Crippen molar-refractivity contribution in [2.45, 2.75) is 0 Å². The molecular formula is C11H12ClN5O. The molecule has 0 radical (unpaired) electrons. The Balaban J connectivity index is 2.19. The predicted octanol–water partition coefficient (Wildman–Crippen LogP) is 2.32. The zero-order valence-electron chi connectivity index (χ0n) is 9.94. The highest BCUT2D eigenvalue weighted by molar-refractivity contribution is 6.28. The summed E-state index contributed by atoms with van der Waals surface area (Å²) in [5.74, 6) is 1.57. The zero-order valence-corrected chi connectivity index (χ0v) is 10.7. The van der Waals surface area contributed by atoms with Gasteiger partial charge >= 0.3 is 0 Å². The van der Waals surface area contributed by atoms with E-state index in [9.17, 15) is 0 Å². The van der Waals surface area contributed by atoms with Gasteiger partial charge in [0.2, 0.25) is 17.2 Å². The Labute approximate surface area is 109 Å². The summed E-state index contributed by atoms with van der Waals surface area (Å²) >= 11 is 5.78. The van der Waals surface area contributed by atoms with Crippen LogP contribution in [-0.4, -0.2) is 29.1 Å². The number of aromatic nitrogens is 3. The molecule has 1 aromatic heterocycles. The Kier molecular flexibility index (Phi) is 3.78. The molecule has 1 aromatic carbocycles. The number of ether oxygens (including phenoxy) is 1. The molecule has 94 valence electrons. The van der Waals surface area contributed by atoms with Crippen LogP contribution in [-0.2, 0) is 0 Å².